The first-order chi connectivity index (χ1) is 12.1. The summed E-state index contributed by atoms with van der Waals surface area (Å²) < 4.78 is 12.8. The molecule has 1 aromatic heterocycles. The molecule has 0 aliphatic carbocycles. The quantitative estimate of drug-likeness (QED) is 0.908. The van der Waals surface area contributed by atoms with Crippen molar-refractivity contribution in [3.05, 3.63) is 47.8 Å². The van der Waals surface area contributed by atoms with Gasteiger partial charge in [0.1, 0.15) is 0 Å². The van der Waals surface area contributed by atoms with Gasteiger partial charge in [0.05, 0.1) is 20.3 Å². The number of hydrogen-bond donors (Lipinski definition) is 1. The first-order valence-corrected chi connectivity index (χ1v) is 8.54. The van der Waals surface area contributed by atoms with Gasteiger partial charge in [-0.1, -0.05) is 6.07 Å². The van der Waals surface area contributed by atoms with Crippen molar-refractivity contribution in [3.63, 3.8) is 0 Å². The van der Waals surface area contributed by atoms with E-state index in [1.807, 2.05) is 29.2 Å². The third-order valence-corrected chi connectivity index (χ3v) is 4.74. The number of urea groups is 1. The van der Waals surface area contributed by atoms with E-state index in [0.29, 0.717) is 18.0 Å². The maximum Gasteiger partial charge on any atom is 0.318 e. The van der Waals surface area contributed by atoms with Crippen LogP contribution in [-0.4, -0.2) is 42.8 Å². The minimum Gasteiger partial charge on any atom is -0.493 e. The standard InChI is InChI=1S/C19H25N3O3/c1-14-16-5-4-10-21(16)11-12-22(14)19(23)20-9-8-15-6-7-17(24-2)18(13-15)25-3/h4-7,10,13-14H,8-9,11-12H2,1-3H3,(H,20,23). The third kappa shape index (κ3) is 3.57. The maximum absolute atomic E-state index is 12.5. The second-order valence-electron chi connectivity index (χ2n) is 6.17. The molecule has 1 aliphatic heterocycles. The number of methoxy groups -OCH3 is 2. The van der Waals surface area contributed by atoms with Crippen molar-refractivity contribution >= 4 is 6.03 Å². The number of ether oxygens (including phenoxy) is 2. The maximum atomic E-state index is 12.5. The zero-order chi connectivity index (χ0) is 17.8. The summed E-state index contributed by atoms with van der Waals surface area (Å²) in [5, 5.41) is 3.03. The van der Waals surface area contributed by atoms with Gasteiger partial charge in [0, 0.05) is 31.5 Å². The monoisotopic (exact) mass is 343 g/mol. The summed E-state index contributed by atoms with van der Waals surface area (Å²) in [6.07, 6.45) is 2.81. The number of aromatic nitrogens is 1. The van der Waals surface area contributed by atoms with Crippen LogP contribution in [0.1, 0.15) is 24.2 Å². The van der Waals surface area contributed by atoms with Crippen LogP contribution in [0.2, 0.25) is 0 Å². The lowest BCUT2D eigenvalue weighted by atomic mass is 10.1. The Bertz CT molecular complexity index is 741. The average molecular weight is 343 g/mol. The Morgan fingerprint density at radius 2 is 2.00 bits per heavy atom. The number of carbonyl (C=O) groups is 1. The Balaban J connectivity index is 1.55. The lowest BCUT2D eigenvalue weighted by Gasteiger charge is -2.34. The second kappa shape index (κ2) is 7.51. The van der Waals surface area contributed by atoms with Crippen molar-refractivity contribution in [1.82, 2.24) is 14.8 Å². The van der Waals surface area contributed by atoms with Crippen LogP contribution in [0.15, 0.2) is 36.5 Å². The first kappa shape index (κ1) is 17.2. The molecule has 0 fully saturated rings. The van der Waals surface area contributed by atoms with Crippen molar-refractivity contribution in [2.75, 3.05) is 27.3 Å². The number of benzene rings is 1. The Hall–Kier alpha value is -2.63. The van der Waals surface area contributed by atoms with Crippen LogP contribution in [0.25, 0.3) is 0 Å². The van der Waals surface area contributed by atoms with E-state index in [1.54, 1.807) is 14.2 Å². The Labute approximate surface area is 148 Å². The summed E-state index contributed by atoms with van der Waals surface area (Å²) in [5.74, 6) is 1.41. The van der Waals surface area contributed by atoms with Crippen molar-refractivity contribution in [3.8, 4) is 11.5 Å². The van der Waals surface area contributed by atoms with Crippen LogP contribution in [-0.2, 0) is 13.0 Å². The molecule has 2 heterocycles. The van der Waals surface area contributed by atoms with Crippen LogP contribution in [0.4, 0.5) is 4.79 Å². The number of carbonyl (C=O) groups excluding carboxylic acids is 1. The fourth-order valence-electron chi connectivity index (χ4n) is 3.31. The molecule has 0 saturated heterocycles. The molecule has 134 valence electrons. The van der Waals surface area contributed by atoms with E-state index in [0.717, 1.165) is 25.1 Å². The van der Waals surface area contributed by atoms with Crippen molar-refractivity contribution in [1.29, 1.82) is 0 Å². The molecule has 3 rings (SSSR count). The van der Waals surface area contributed by atoms with Crippen LogP contribution in [0.5, 0.6) is 11.5 Å². The lowest BCUT2D eigenvalue weighted by molar-refractivity contribution is 0.162. The van der Waals surface area contributed by atoms with Crippen molar-refractivity contribution in [2.45, 2.75) is 25.9 Å². The smallest absolute Gasteiger partial charge is 0.318 e. The highest BCUT2D eigenvalue weighted by molar-refractivity contribution is 5.74. The fraction of sp³-hybridized carbons (Fsp3) is 0.421. The van der Waals surface area contributed by atoms with E-state index >= 15 is 0 Å². The molecule has 1 aromatic carbocycles. The molecule has 1 unspecified atom stereocenters. The minimum absolute atomic E-state index is 0.0135. The molecule has 25 heavy (non-hydrogen) atoms. The van der Waals surface area contributed by atoms with Crippen LogP contribution in [0, 0.1) is 0 Å². The molecular weight excluding hydrogens is 318 g/mol. The van der Waals surface area contributed by atoms with Crippen molar-refractivity contribution in [2.24, 2.45) is 0 Å². The van der Waals surface area contributed by atoms with Crippen LogP contribution in [0.3, 0.4) is 0 Å². The first-order valence-electron chi connectivity index (χ1n) is 8.54. The van der Waals surface area contributed by atoms with Gasteiger partial charge in [-0.25, -0.2) is 4.79 Å². The summed E-state index contributed by atoms with van der Waals surface area (Å²) in [7, 11) is 3.24. The summed E-state index contributed by atoms with van der Waals surface area (Å²) in [4.78, 5) is 14.4. The molecule has 0 bridgehead atoms. The molecule has 6 nitrogen and oxygen atoms in total. The van der Waals surface area contributed by atoms with E-state index in [9.17, 15) is 4.79 Å². The molecular formula is C19H25N3O3. The van der Waals surface area contributed by atoms with Crippen LogP contribution < -0.4 is 14.8 Å². The highest BCUT2D eigenvalue weighted by Gasteiger charge is 2.26. The summed E-state index contributed by atoms with van der Waals surface area (Å²) >= 11 is 0. The fourth-order valence-corrected chi connectivity index (χ4v) is 3.31. The van der Waals surface area contributed by atoms with Gasteiger partial charge in [-0.2, -0.15) is 0 Å². The summed E-state index contributed by atoms with van der Waals surface area (Å²) in [6.45, 7) is 4.22. The Morgan fingerprint density at radius 3 is 2.76 bits per heavy atom. The van der Waals surface area contributed by atoms with E-state index in [-0.39, 0.29) is 12.1 Å². The topological polar surface area (TPSA) is 55.7 Å². The normalized spacial score (nSPS) is 16.3. The largest absolute Gasteiger partial charge is 0.493 e. The Kier molecular flexibility index (Phi) is 5.16. The molecule has 2 amide bonds. The zero-order valence-corrected chi connectivity index (χ0v) is 15.0. The van der Waals surface area contributed by atoms with Crippen LogP contribution >= 0.6 is 0 Å². The number of nitrogens with one attached hydrogen (secondary N) is 1. The number of hydrogen-bond acceptors (Lipinski definition) is 3. The zero-order valence-electron chi connectivity index (χ0n) is 15.0. The highest BCUT2D eigenvalue weighted by Crippen LogP contribution is 2.28. The van der Waals surface area contributed by atoms with Gasteiger partial charge in [0.15, 0.2) is 11.5 Å². The molecule has 2 aromatic rings. The van der Waals surface area contributed by atoms with Gasteiger partial charge < -0.3 is 24.3 Å². The average Bonchev–Trinajstić information content (AvgIpc) is 3.11. The summed E-state index contributed by atoms with van der Waals surface area (Å²) in [5.41, 5.74) is 2.28. The number of rotatable bonds is 5. The van der Waals surface area contributed by atoms with Gasteiger partial charge >= 0.3 is 6.03 Å². The number of nitrogens with zero attached hydrogens (tertiary/aromatic N) is 2. The lowest BCUT2D eigenvalue weighted by Crippen LogP contribution is -2.46. The third-order valence-electron chi connectivity index (χ3n) is 4.74. The predicted octanol–water partition coefficient (Wildman–Crippen LogP) is 2.83. The van der Waals surface area contributed by atoms with Gasteiger partial charge in [-0.15, -0.1) is 0 Å². The van der Waals surface area contributed by atoms with Gasteiger partial charge in [0.2, 0.25) is 0 Å². The van der Waals surface area contributed by atoms with E-state index in [2.05, 4.69) is 29.1 Å². The molecule has 6 heteroatoms. The molecule has 0 spiro atoms. The molecule has 1 atom stereocenters. The number of amides is 2. The number of fused-ring (bicyclic) bond motifs is 1. The SMILES string of the molecule is COc1ccc(CCNC(=O)N2CCn3cccc3C2C)cc1OC. The summed E-state index contributed by atoms with van der Waals surface area (Å²) in [6, 6.07) is 10.0. The Morgan fingerprint density at radius 1 is 1.20 bits per heavy atom. The molecule has 1 aliphatic rings. The van der Waals surface area contributed by atoms with E-state index < -0.39 is 0 Å². The predicted molar refractivity (Wildman–Crippen MR) is 96.2 cm³/mol. The highest BCUT2D eigenvalue weighted by atomic mass is 16.5. The van der Waals surface area contributed by atoms with E-state index in [4.69, 9.17) is 9.47 Å². The van der Waals surface area contributed by atoms with Gasteiger partial charge in [0.25, 0.3) is 0 Å². The van der Waals surface area contributed by atoms with Crippen molar-refractivity contribution < 1.29 is 14.3 Å². The van der Waals surface area contributed by atoms with Gasteiger partial charge in [-0.3, -0.25) is 0 Å². The molecule has 0 saturated carbocycles. The molecule has 1 N–H and O–H groups in total. The van der Waals surface area contributed by atoms with E-state index in [1.165, 1.54) is 5.69 Å². The van der Waals surface area contributed by atoms with Gasteiger partial charge in [-0.05, 0) is 43.2 Å². The molecule has 0 radical (unpaired) electrons. The minimum atomic E-state index is -0.0135. The second-order valence-corrected chi connectivity index (χ2v) is 6.17.